The van der Waals surface area contributed by atoms with Gasteiger partial charge in [0.25, 0.3) is 15.9 Å². The number of sulfone groups is 1. The Morgan fingerprint density at radius 3 is 2.12 bits per heavy atom. The maximum atomic E-state index is 13.2. The lowest BCUT2D eigenvalue weighted by Crippen LogP contribution is -2.40. The van der Waals surface area contributed by atoms with Gasteiger partial charge >= 0.3 is 0 Å². The van der Waals surface area contributed by atoms with E-state index in [9.17, 15) is 30.0 Å². The second-order valence-corrected chi connectivity index (χ2v) is 16.7. The van der Waals surface area contributed by atoms with Gasteiger partial charge in [0.2, 0.25) is 19.9 Å². The van der Waals surface area contributed by atoms with Gasteiger partial charge in [-0.2, -0.15) is 4.31 Å². The van der Waals surface area contributed by atoms with Gasteiger partial charge in [0.05, 0.1) is 34.3 Å². The Kier molecular flexibility index (Phi) is 8.94. The summed E-state index contributed by atoms with van der Waals surface area (Å²) in [5.41, 5.74) is 0.0396. The number of benzene rings is 3. The topological polar surface area (TPSA) is 156 Å². The first-order chi connectivity index (χ1) is 20.4. The molecule has 3 aromatic carbocycles. The van der Waals surface area contributed by atoms with E-state index in [4.69, 9.17) is 16.3 Å². The molecule has 0 spiro atoms. The van der Waals surface area contributed by atoms with Gasteiger partial charge in [0.1, 0.15) is 8.42 Å². The summed E-state index contributed by atoms with van der Waals surface area (Å²) < 4.78 is 86.5. The number of ether oxygens (including phenoxy) is 1. The van der Waals surface area contributed by atoms with Crippen LogP contribution in [0.2, 0.25) is 5.02 Å². The highest BCUT2D eigenvalue weighted by atomic mass is 35.5. The van der Waals surface area contributed by atoms with Crippen LogP contribution in [-0.2, 0) is 34.6 Å². The van der Waals surface area contributed by atoms with E-state index in [1.165, 1.54) is 71.0 Å². The van der Waals surface area contributed by atoms with Crippen LogP contribution < -0.4 is 10.0 Å². The van der Waals surface area contributed by atoms with Crippen LogP contribution in [0, 0.1) is 0 Å². The molecule has 43 heavy (non-hydrogen) atoms. The van der Waals surface area contributed by atoms with Crippen molar-refractivity contribution in [3.05, 3.63) is 95.5 Å². The summed E-state index contributed by atoms with van der Waals surface area (Å²) in [6.45, 7) is 1.09. The Bertz CT molecular complexity index is 1970. The predicted octanol–water partition coefficient (Wildman–Crippen LogP) is 4.31. The standard InChI is InChI=1S/C27H24ClN3O8S4/c28-19-6-11-24(30-42(35,36)26-13-12-25(40-26)41(33,34)21-4-2-1-3-5-21)23(18-19)27(32)29-20-7-9-22(10-8-20)43(37,38)31-14-16-39-17-15-31/h1-13,18,30H,14-17H2,(H,29,32). The van der Waals surface area contributed by atoms with Crippen molar-refractivity contribution in [3.63, 3.8) is 0 Å². The minimum absolute atomic E-state index is 0.0251. The molecule has 0 unspecified atom stereocenters. The molecule has 4 aromatic rings. The van der Waals surface area contributed by atoms with Crippen molar-refractivity contribution in [1.29, 1.82) is 0 Å². The lowest BCUT2D eigenvalue weighted by molar-refractivity contribution is 0.0730. The van der Waals surface area contributed by atoms with E-state index in [1.54, 1.807) is 18.2 Å². The van der Waals surface area contributed by atoms with Crippen LogP contribution in [0.3, 0.4) is 0 Å². The lowest BCUT2D eigenvalue weighted by Gasteiger charge is -2.26. The fourth-order valence-electron chi connectivity index (χ4n) is 4.14. The van der Waals surface area contributed by atoms with Crippen molar-refractivity contribution in [2.24, 2.45) is 0 Å². The smallest absolute Gasteiger partial charge is 0.271 e. The number of rotatable bonds is 9. The zero-order chi connectivity index (χ0) is 30.8. The Hall–Kier alpha value is -3.31. The molecular formula is C27H24ClN3O8S4. The molecule has 2 heterocycles. The average molecular weight is 682 g/mol. The van der Waals surface area contributed by atoms with Gasteiger partial charge in [-0.3, -0.25) is 9.52 Å². The number of carbonyl (C=O) groups is 1. The zero-order valence-electron chi connectivity index (χ0n) is 22.1. The zero-order valence-corrected chi connectivity index (χ0v) is 26.2. The summed E-state index contributed by atoms with van der Waals surface area (Å²) >= 11 is 6.68. The number of carbonyl (C=O) groups excluding carboxylic acids is 1. The normalized spacial score (nSPS) is 14.7. The number of sulfonamides is 2. The monoisotopic (exact) mass is 681 g/mol. The number of nitrogens with one attached hydrogen (secondary N) is 2. The summed E-state index contributed by atoms with van der Waals surface area (Å²) in [6.07, 6.45) is 0. The van der Waals surface area contributed by atoms with E-state index < -0.39 is 35.8 Å². The molecule has 0 atom stereocenters. The first-order valence-electron chi connectivity index (χ1n) is 12.6. The third kappa shape index (κ3) is 6.77. The van der Waals surface area contributed by atoms with Crippen LogP contribution in [0.5, 0.6) is 0 Å². The molecule has 2 N–H and O–H groups in total. The highest BCUT2D eigenvalue weighted by Crippen LogP contribution is 2.32. The van der Waals surface area contributed by atoms with Gasteiger partial charge in [-0.25, -0.2) is 25.3 Å². The second kappa shape index (κ2) is 12.4. The second-order valence-electron chi connectivity index (χ2n) is 9.18. The molecule has 0 radical (unpaired) electrons. The fourth-order valence-corrected chi connectivity index (χ4v) is 9.99. The van der Waals surface area contributed by atoms with Crippen molar-refractivity contribution in [1.82, 2.24) is 4.31 Å². The molecule has 16 heteroatoms. The van der Waals surface area contributed by atoms with Gasteiger partial charge in [-0.05, 0) is 66.7 Å². The summed E-state index contributed by atoms with van der Waals surface area (Å²) in [5, 5.41) is 2.77. The minimum Gasteiger partial charge on any atom is -0.379 e. The van der Waals surface area contributed by atoms with E-state index in [-0.39, 0.29) is 53.3 Å². The van der Waals surface area contributed by atoms with E-state index in [1.807, 2.05) is 0 Å². The van der Waals surface area contributed by atoms with Crippen LogP contribution in [0.25, 0.3) is 0 Å². The van der Waals surface area contributed by atoms with Gasteiger partial charge in [0.15, 0.2) is 0 Å². The maximum Gasteiger partial charge on any atom is 0.271 e. The predicted molar refractivity (Wildman–Crippen MR) is 162 cm³/mol. The number of morpholine rings is 1. The number of thiophene rings is 1. The number of hydrogen-bond donors (Lipinski definition) is 2. The molecule has 1 aliphatic rings. The third-order valence-electron chi connectivity index (χ3n) is 6.33. The molecule has 226 valence electrons. The van der Waals surface area contributed by atoms with Crippen LogP contribution in [-0.4, -0.2) is 61.8 Å². The van der Waals surface area contributed by atoms with Gasteiger partial charge in [0, 0.05) is 23.8 Å². The molecule has 0 saturated carbocycles. The minimum atomic E-state index is -4.31. The van der Waals surface area contributed by atoms with E-state index in [0.29, 0.717) is 24.6 Å². The first-order valence-corrected chi connectivity index (χ1v) is 18.2. The number of hydrogen-bond acceptors (Lipinski definition) is 9. The number of anilines is 2. The summed E-state index contributed by atoms with van der Waals surface area (Å²) in [7, 11) is -12.0. The van der Waals surface area contributed by atoms with Crippen molar-refractivity contribution in [3.8, 4) is 0 Å². The molecule has 1 fully saturated rings. The van der Waals surface area contributed by atoms with E-state index in [0.717, 1.165) is 0 Å². The van der Waals surface area contributed by atoms with Gasteiger partial charge in [-0.15, -0.1) is 11.3 Å². The molecule has 1 saturated heterocycles. The summed E-state index contributed by atoms with van der Waals surface area (Å²) in [5.74, 6) is -0.720. The highest BCUT2D eigenvalue weighted by molar-refractivity contribution is 7.96. The average Bonchev–Trinajstić information content (AvgIpc) is 3.52. The molecular weight excluding hydrogens is 658 g/mol. The molecule has 0 aliphatic carbocycles. The number of nitrogens with zero attached hydrogens (tertiary/aromatic N) is 1. The Morgan fingerprint density at radius 2 is 1.44 bits per heavy atom. The van der Waals surface area contributed by atoms with Crippen molar-refractivity contribution >= 4 is 70.1 Å². The van der Waals surface area contributed by atoms with Crippen LogP contribution in [0.15, 0.2) is 103 Å². The number of halogens is 1. The number of amides is 1. The van der Waals surface area contributed by atoms with E-state index in [2.05, 4.69) is 10.0 Å². The largest absolute Gasteiger partial charge is 0.379 e. The maximum absolute atomic E-state index is 13.2. The van der Waals surface area contributed by atoms with Crippen molar-refractivity contribution in [2.45, 2.75) is 18.2 Å². The Morgan fingerprint density at radius 1 is 0.791 bits per heavy atom. The molecule has 5 rings (SSSR count). The summed E-state index contributed by atoms with van der Waals surface area (Å²) in [6, 6.07) is 19.5. The van der Waals surface area contributed by atoms with Gasteiger partial charge in [-0.1, -0.05) is 29.8 Å². The summed E-state index contributed by atoms with van der Waals surface area (Å²) in [4.78, 5) is 13.3. The molecule has 11 nitrogen and oxygen atoms in total. The molecule has 1 aliphatic heterocycles. The molecule has 1 amide bonds. The van der Waals surface area contributed by atoms with Crippen molar-refractivity contribution < 1.29 is 34.8 Å². The molecule has 0 bridgehead atoms. The SMILES string of the molecule is O=C(Nc1ccc(S(=O)(=O)N2CCOCC2)cc1)c1cc(Cl)ccc1NS(=O)(=O)c1ccc(S(=O)(=O)c2ccccc2)s1. The third-order valence-corrected chi connectivity index (χ3v) is 13.7. The van der Waals surface area contributed by atoms with Crippen LogP contribution >= 0.6 is 22.9 Å². The van der Waals surface area contributed by atoms with Crippen molar-refractivity contribution in [2.75, 3.05) is 36.3 Å². The Balaban J connectivity index is 1.35. The highest BCUT2D eigenvalue weighted by Gasteiger charge is 2.27. The quantitative estimate of drug-likeness (QED) is 0.265. The van der Waals surface area contributed by atoms with Crippen LogP contribution in [0.1, 0.15) is 10.4 Å². The van der Waals surface area contributed by atoms with Crippen LogP contribution in [0.4, 0.5) is 11.4 Å². The fraction of sp³-hybridized carbons (Fsp3) is 0.148. The Labute approximate surface area is 258 Å². The lowest BCUT2D eigenvalue weighted by atomic mass is 10.1. The van der Waals surface area contributed by atoms with E-state index >= 15 is 0 Å². The molecule has 1 aromatic heterocycles. The first kappa shape index (κ1) is 31.1. The van der Waals surface area contributed by atoms with Gasteiger partial charge < -0.3 is 10.1 Å².